The van der Waals surface area contributed by atoms with Gasteiger partial charge in [-0.2, -0.15) is 0 Å². The van der Waals surface area contributed by atoms with Crippen molar-refractivity contribution in [2.45, 2.75) is 75.3 Å². The second kappa shape index (κ2) is 4.30. The van der Waals surface area contributed by atoms with E-state index in [9.17, 15) is 0 Å². The molecule has 3 fully saturated rings. The van der Waals surface area contributed by atoms with E-state index in [1.54, 1.807) is 0 Å². The Morgan fingerprint density at radius 1 is 0.625 bits per heavy atom. The zero-order valence-corrected chi connectivity index (χ0v) is 10.4. The van der Waals surface area contributed by atoms with Gasteiger partial charge >= 0.3 is 0 Å². The van der Waals surface area contributed by atoms with Crippen LogP contribution in [0.2, 0.25) is 0 Å². The van der Waals surface area contributed by atoms with Gasteiger partial charge in [0.05, 0.1) is 13.2 Å². The zero-order valence-electron chi connectivity index (χ0n) is 10.4. The fourth-order valence-corrected chi connectivity index (χ4v) is 4.07. The highest BCUT2D eigenvalue weighted by Crippen LogP contribution is 2.38. The van der Waals surface area contributed by atoms with Crippen LogP contribution in [0.15, 0.2) is 0 Å². The highest BCUT2D eigenvalue weighted by Gasteiger charge is 2.45. The van der Waals surface area contributed by atoms with E-state index in [4.69, 9.17) is 4.74 Å². The molecule has 1 N–H and O–H groups in total. The predicted molar refractivity (Wildman–Crippen MR) is 65.6 cm³/mol. The summed E-state index contributed by atoms with van der Waals surface area (Å²) in [6, 6.07) is 0. The van der Waals surface area contributed by atoms with E-state index in [1.807, 2.05) is 0 Å². The van der Waals surface area contributed by atoms with Crippen LogP contribution in [0.3, 0.4) is 0 Å². The number of morpholine rings is 1. The predicted octanol–water partition coefficient (Wildman–Crippen LogP) is 3.01. The quantitative estimate of drug-likeness (QED) is 0.681. The van der Waals surface area contributed by atoms with Gasteiger partial charge in [0.2, 0.25) is 0 Å². The fourth-order valence-electron chi connectivity index (χ4n) is 4.07. The molecular formula is C14H25NO. The Morgan fingerprint density at radius 2 is 1.06 bits per heavy atom. The van der Waals surface area contributed by atoms with Crippen LogP contribution in [0.5, 0.6) is 0 Å². The maximum absolute atomic E-state index is 5.99. The van der Waals surface area contributed by atoms with Gasteiger partial charge in [0.1, 0.15) is 0 Å². The van der Waals surface area contributed by atoms with E-state index >= 15 is 0 Å². The fraction of sp³-hybridized carbons (Fsp3) is 1.00. The molecule has 2 aliphatic carbocycles. The summed E-state index contributed by atoms with van der Waals surface area (Å²) in [4.78, 5) is 0. The molecule has 2 heteroatoms. The van der Waals surface area contributed by atoms with Gasteiger partial charge in [-0.3, -0.25) is 0 Å². The van der Waals surface area contributed by atoms with E-state index in [1.165, 1.54) is 64.2 Å². The molecule has 16 heavy (non-hydrogen) atoms. The Hall–Kier alpha value is -0.0800. The SMILES string of the molecule is C1CCC2(CC1)COCC1(CCCCC1)N2. The summed E-state index contributed by atoms with van der Waals surface area (Å²) < 4.78 is 5.99. The summed E-state index contributed by atoms with van der Waals surface area (Å²) in [5.41, 5.74) is 0.710. The monoisotopic (exact) mass is 223 g/mol. The van der Waals surface area contributed by atoms with Gasteiger partial charge in [-0.25, -0.2) is 0 Å². The topological polar surface area (TPSA) is 21.3 Å². The van der Waals surface area contributed by atoms with Crippen molar-refractivity contribution in [2.75, 3.05) is 13.2 Å². The Labute approximate surface area is 99.1 Å². The number of nitrogens with one attached hydrogen (secondary N) is 1. The summed E-state index contributed by atoms with van der Waals surface area (Å²) in [6.07, 6.45) is 13.8. The van der Waals surface area contributed by atoms with Crippen molar-refractivity contribution in [1.29, 1.82) is 0 Å². The minimum absolute atomic E-state index is 0.355. The smallest absolute Gasteiger partial charge is 0.0649 e. The molecule has 3 aliphatic rings. The molecule has 2 spiro atoms. The lowest BCUT2D eigenvalue weighted by Gasteiger charge is -2.52. The highest BCUT2D eigenvalue weighted by atomic mass is 16.5. The number of ether oxygens (including phenoxy) is 1. The molecule has 3 rings (SSSR count). The lowest BCUT2D eigenvalue weighted by Crippen LogP contribution is -2.67. The average Bonchev–Trinajstić information content (AvgIpc) is 2.31. The van der Waals surface area contributed by atoms with Crippen molar-refractivity contribution in [3.8, 4) is 0 Å². The van der Waals surface area contributed by atoms with E-state index < -0.39 is 0 Å². The van der Waals surface area contributed by atoms with Crippen molar-refractivity contribution in [2.24, 2.45) is 0 Å². The molecule has 92 valence electrons. The first kappa shape index (κ1) is 11.0. The summed E-state index contributed by atoms with van der Waals surface area (Å²) in [7, 11) is 0. The van der Waals surface area contributed by atoms with Crippen molar-refractivity contribution >= 4 is 0 Å². The molecular weight excluding hydrogens is 198 g/mol. The van der Waals surface area contributed by atoms with Crippen LogP contribution in [-0.2, 0) is 4.74 Å². The highest BCUT2D eigenvalue weighted by molar-refractivity contribution is 5.04. The summed E-state index contributed by atoms with van der Waals surface area (Å²) >= 11 is 0. The van der Waals surface area contributed by atoms with Crippen LogP contribution in [0.25, 0.3) is 0 Å². The average molecular weight is 223 g/mol. The van der Waals surface area contributed by atoms with Crippen molar-refractivity contribution in [1.82, 2.24) is 5.32 Å². The second-order valence-electron chi connectivity index (χ2n) is 6.30. The molecule has 0 atom stereocenters. The minimum atomic E-state index is 0.355. The molecule has 0 aromatic carbocycles. The molecule has 0 amide bonds. The van der Waals surface area contributed by atoms with Crippen LogP contribution in [0.1, 0.15) is 64.2 Å². The lowest BCUT2D eigenvalue weighted by atomic mass is 9.74. The van der Waals surface area contributed by atoms with E-state index in [0.717, 1.165) is 13.2 Å². The third kappa shape index (κ3) is 2.02. The van der Waals surface area contributed by atoms with Crippen LogP contribution in [0, 0.1) is 0 Å². The minimum Gasteiger partial charge on any atom is -0.378 e. The first-order valence-corrected chi connectivity index (χ1v) is 7.20. The van der Waals surface area contributed by atoms with Gasteiger partial charge in [0.25, 0.3) is 0 Å². The molecule has 0 unspecified atom stereocenters. The number of rotatable bonds is 0. The molecule has 2 nitrogen and oxygen atoms in total. The lowest BCUT2D eigenvalue weighted by molar-refractivity contribution is -0.0685. The molecule has 0 radical (unpaired) electrons. The molecule has 0 aromatic heterocycles. The van der Waals surface area contributed by atoms with Crippen LogP contribution >= 0.6 is 0 Å². The van der Waals surface area contributed by atoms with Gasteiger partial charge < -0.3 is 10.1 Å². The number of hydrogen-bond donors (Lipinski definition) is 1. The summed E-state index contributed by atoms with van der Waals surface area (Å²) in [6.45, 7) is 1.93. The second-order valence-corrected chi connectivity index (χ2v) is 6.30. The largest absolute Gasteiger partial charge is 0.378 e. The maximum Gasteiger partial charge on any atom is 0.0649 e. The van der Waals surface area contributed by atoms with Gasteiger partial charge in [-0.15, -0.1) is 0 Å². The van der Waals surface area contributed by atoms with Crippen molar-refractivity contribution in [3.63, 3.8) is 0 Å². The van der Waals surface area contributed by atoms with Gasteiger partial charge in [-0.05, 0) is 25.7 Å². The third-order valence-electron chi connectivity index (χ3n) is 4.91. The molecule has 2 saturated carbocycles. The molecule has 1 heterocycles. The summed E-state index contributed by atoms with van der Waals surface area (Å²) in [5.74, 6) is 0. The maximum atomic E-state index is 5.99. The number of hydrogen-bond acceptors (Lipinski definition) is 2. The Balaban J connectivity index is 1.72. The van der Waals surface area contributed by atoms with Gasteiger partial charge in [-0.1, -0.05) is 38.5 Å². The third-order valence-corrected chi connectivity index (χ3v) is 4.91. The van der Waals surface area contributed by atoms with Crippen LogP contribution in [-0.4, -0.2) is 24.3 Å². The molecule has 0 bridgehead atoms. The Kier molecular flexibility index (Phi) is 2.97. The normalized spacial score (nSPS) is 33.0. The van der Waals surface area contributed by atoms with Crippen molar-refractivity contribution < 1.29 is 4.74 Å². The van der Waals surface area contributed by atoms with E-state index in [-0.39, 0.29) is 0 Å². The first-order chi connectivity index (χ1) is 7.83. The first-order valence-electron chi connectivity index (χ1n) is 7.20. The zero-order chi connectivity index (χ0) is 10.9. The van der Waals surface area contributed by atoms with Crippen molar-refractivity contribution in [3.05, 3.63) is 0 Å². The van der Waals surface area contributed by atoms with E-state index in [2.05, 4.69) is 5.32 Å². The van der Waals surface area contributed by atoms with E-state index in [0.29, 0.717) is 11.1 Å². The molecule has 1 aliphatic heterocycles. The summed E-state index contributed by atoms with van der Waals surface area (Å²) in [5, 5.41) is 4.06. The van der Waals surface area contributed by atoms with Crippen LogP contribution in [0.4, 0.5) is 0 Å². The Bertz CT molecular complexity index is 204. The Morgan fingerprint density at radius 3 is 1.50 bits per heavy atom. The van der Waals surface area contributed by atoms with Gasteiger partial charge in [0.15, 0.2) is 0 Å². The standard InChI is InChI=1S/C14H25NO/c1-3-7-13(8-4-1)11-16-12-14(15-13)9-5-2-6-10-14/h15H,1-12H2. The molecule has 0 aromatic rings. The van der Waals surface area contributed by atoms with Gasteiger partial charge in [0, 0.05) is 11.1 Å². The van der Waals surface area contributed by atoms with Crippen LogP contribution < -0.4 is 5.32 Å². The molecule has 1 saturated heterocycles.